The minimum atomic E-state index is -0.532. The number of rotatable bonds is 6. The number of amides is 2. The first-order chi connectivity index (χ1) is 12.5. The summed E-state index contributed by atoms with van der Waals surface area (Å²) in [5.41, 5.74) is 1.48. The highest BCUT2D eigenvalue weighted by atomic mass is 35.5. The number of ether oxygens (including phenoxy) is 1. The number of anilines is 1. The maximum absolute atomic E-state index is 12.6. The highest BCUT2D eigenvalue weighted by Gasteiger charge is 2.39. The molecule has 2 aromatic carbocycles. The molecule has 0 saturated carbocycles. The average Bonchev–Trinajstić information content (AvgIpc) is 2.91. The fourth-order valence-electron chi connectivity index (χ4n) is 2.90. The van der Waals surface area contributed by atoms with Gasteiger partial charge in [-0.15, -0.1) is 0 Å². The maximum Gasteiger partial charge on any atom is 0.251 e. The van der Waals surface area contributed by atoms with Crippen LogP contribution in [0.25, 0.3) is 0 Å². The van der Waals surface area contributed by atoms with E-state index in [0.29, 0.717) is 34.4 Å². The van der Waals surface area contributed by atoms with Crippen LogP contribution >= 0.6 is 23.2 Å². The van der Waals surface area contributed by atoms with E-state index in [-0.39, 0.29) is 18.2 Å². The molecule has 1 saturated heterocycles. The van der Waals surface area contributed by atoms with Gasteiger partial charge < -0.3 is 10.1 Å². The van der Waals surface area contributed by atoms with Crippen molar-refractivity contribution >= 4 is 40.7 Å². The monoisotopic (exact) mass is 392 g/mol. The summed E-state index contributed by atoms with van der Waals surface area (Å²) in [5, 5.41) is 4.32. The summed E-state index contributed by atoms with van der Waals surface area (Å²) < 4.78 is 5.10. The normalized spacial score (nSPS) is 17.0. The Morgan fingerprint density at radius 3 is 2.54 bits per heavy atom. The van der Waals surface area contributed by atoms with Crippen molar-refractivity contribution in [3.05, 3.63) is 58.1 Å². The first-order valence-corrected chi connectivity index (χ1v) is 8.93. The standard InChI is InChI=1S/C19H18Cl2N2O3/c1-26-15-6-4-14(5-7-15)23-18(24)11-17(19(23)25)22-9-8-12-2-3-13(20)10-16(12)21/h2-7,10,17,22H,8-9,11H2,1H3/t17-/m0/s1. The summed E-state index contributed by atoms with van der Waals surface area (Å²) in [6.07, 6.45) is 0.774. The Balaban J connectivity index is 1.61. The SMILES string of the molecule is COc1ccc(N2C(=O)C[C@H](NCCc3ccc(Cl)cc3Cl)C2=O)cc1. The second kappa shape index (κ2) is 8.08. The number of nitrogens with one attached hydrogen (secondary N) is 1. The van der Waals surface area contributed by atoms with Gasteiger partial charge in [0.25, 0.3) is 5.91 Å². The molecule has 26 heavy (non-hydrogen) atoms. The lowest BCUT2D eigenvalue weighted by molar-refractivity contribution is -0.121. The van der Waals surface area contributed by atoms with Crippen molar-refractivity contribution in [1.82, 2.24) is 5.32 Å². The summed E-state index contributed by atoms with van der Waals surface area (Å²) in [6, 6.07) is 11.6. The Morgan fingerprint density at radius 2 is 1.88 bits per heavy atom. The number of halogens is 2. The molecule has 0 bridgehead atoms. The summed E-state index contributed by atoms with van der Waals surface area (Å²) in [4.78, 5) is 26.1. The lowest BCUT2D eigenvalue weighted by Gasteiger charge is -2.16. The van der Waals surface area contributed by atoms with Crippen molar-refractivity contribution in [3.63, 3.8) is 0 Å². The van der Waals surface area contributed by atoms with Gasteiger partial charge in [-0.1, -0.05) is 29.3 Å². The van der Waals surface area contributed by atoms with Gasteiger partial charge in [-0.2, -0.15) is 0 Å². The zero-order valence-corrected chi connectivity index (χ0v) is 15.7. The van der Waals surface area contributed by atoms with Crippen molar-refractivity contribution in [2.24, 2.45) is 0 Å². The van der Waals surface area contributed by atoms with Crippen LogP contribution in [0.1, 0.15) is 12.0 Å². The molecule has 1 N–H and O–H groups in total. The van der Waals surface area contributed by atoms with Crippen LogP contribution in [0.5, 0.6) is 5.75 Å². The average molecular weight is 393 g/mol. The molecule has 1 aliphatic rings. The molecule has 3 rings (SSSR count). The molecule has 5 nitrogen and oxygen atoms in total. The number of imide groups is 1. The Labute approximate surface area is 161 Å². The number of hydrogen-bond donors (Lipinski definition) is 1. The molecule has 2 amide bonds. The first-order valence-electron chi connectivity index (χ1n) is 8.18. The van der Waals surface area contributed by atoms with Gasteiger partial charge in [-0.05, 0) is 54.9 Å². The Kier molecular flexibility index (Phi) is 5.81. The number of nitrogens with zero attached hydrogens (tertiary/aromatic N) is 1. The summed E-state index contributed by atoms with van der Waals surface area (Å²) >= 11 is 12.0. The molecule has 0 unspecified atom stereocenters. The minimum Gasteiger partial charge on any atom is -0.497 e. The van der Waals surface area contributed by atoms with Crippen LogP contribution in [-0.2, 0) is 16.0 Å². The molecule has 2 aromatic rings. The first kappa shape index (κ1) is 18.7. The topological polar surface area (TPSA) is 58.6 Å². The van der Waals surface area contributed by atoms with Crippen LogP contribution in [0.4, 0.5) is 5.69 Å². The van der Waals surface area contributed by atoms with Gasteiger partial charge in [0.15, 0.2) is 0 Å². The van der Waals surface area contributed by atoms with Crippen molar-refractivity contribution < 1.29 is 14.3 Å². The molecule has 0 spiro atoms. The van der Waals surface area contributed by atoms with E-state index in [9.17, 15) is 9.59 Å². The van der Waals surface area contributed by atoms with Gasteiger partial charge in [0.05, 0.1) is 25.3 Å². The van der Waals surface area contributed by atoms with Crippen LogP contribution < -0.4 is 15.0 Å². The molecule has 1 atom stereocenters. The van der Waals surface area contributed by atoms with Crippen molar-refractivity contribution in [2.45, 2.75) is 18.9 Å². The third-order valence-electron chi connectivity index (χ3n) is 4.28. The van der Waals surface area contributed by atoms with E-state index in [1.807, 2.05) is 6.07 Å². The molecule has 0 aliphatic carbocycles. The van der Waals surface area contributed by atoms with E-state index in [0.717, 1.165) is 5.56 Å². The van der Waals surface area contributed by atoms with Gasteiger partial charge in [-0.25, -0.2) is 4.90 Å². The van der Waals surface area contributed by atoms with E-state index >= 15 is 0 Å². The molecular weight excluding hydrogens is 375 g/mol. The van der Waals surface area contributed by atoms with Crippen molar-refractivity contribution in [2.75, 3.05) is 18.6 Å². The minimum absolute atomic E-state index is 0.138. The molecular formula is C19H18Cl2N2O3. The Hall–Kier alpha value is -2.08. The quantitative estimate of drug-likeness (QED) is 0.764. The molecule has 1 fully saturated rings. The van der Waals surface area contributed by atoms with Gasteiger partial charge >= 0.3 is 0 Å². The fraction of sp³-hybridized carbons (Fsp3) is 0.263. The summed E-state index contributed by atoms with van der Waals surface area (Å²) in [5.74, 6) is 0.201. The van der Waals surface area contributed by atoms with Crippen molar-refractivity contribution in [1.29, 1.82) is 0 Å². The van der Waals surface area contributed by atoms with Crippen LogP contribution in [-0.4, -0.2) is 31.5 Å². The highest BCUT2D eigenvalue weighted by molar-refractivity contribution is 6.35. The number of hydrogen-bond acceptors (Lipinski definition) is 4. The lowest BCUT2D eigenvalue weighted by atomic mass is 10.1. The molecule has 0 radical (unpaired) electrons. The Bertz CT molecular complexity index is 824. The van der Waals surface area contributed by atoms with E-state index < -0.39 is 6.04 Å². The predicted molar refractivity (Wildman–Crippen MR) is 102 cm³/mol. The summed E-state index contributed by atoms with van der Waals surface area (Å²) in [6.45, 7) is 0.529. The lowest BCUT2D eigenvalue weighted by Crippen LogP contribution is -2.39. The second-order valence-electron chi connectivity index (χ2n) is 5.96. The van der Waals surface area contributed by atoms with Crippen LogP contribution in [0.15, 0.2) is 42.5 Å². The molecule has 1 aliphatic heterocycles. The summed E-state index contributed by atoms with van der Waals surface area (Å²) in [7, 11) is 1.56. The number of methoxy groups -OCH3 is 1. The molecule has 136 valence electrons. The zero-order chi connectivity index (χ0) is 18.7. The third kappa shape index (κ3) is 4.01. The second-order valence-corrected chi connectivity index (χ2v) is 6.81. The smallest absolute Gasteiger partial charge is 0.251 e. The van der Waals surface area contributed by atoms with Gasteiger partial charge in [0.2, 0.25) is 5.91 Å². The van der Waals surface area contributed by atoms with E-state index in [1.165, 1.54) is 4.90 Å². The van der Waals surface area contributed by atoms with Gasteiger partial charge in [0, 0.05) is 10.0 Å². The van der Waals surface area contributed by atoms with Gasteiger partial charge in [0.1, 0.15) is 5.75 Å². The number of benzene rings is 2. The molecule has 0 aromatic heterocycles. The zero-order valence-electron chi connectivity index (χ0n) is 14.2. The van der Waals surface area contributed by atoms with E-state index in [1.54, 1.807) is 43.5 Å². The van der Waals surface area contributed by atoms with Crippen LogP contribution in [0.2, 0.25) is 10.0 Å². The molecule has 1 heterocycles. The third-order valence-corrected chi connectivity index (χ3v) is 4.86. The largest absolute Gasteiger partial charge is 0.497 e. The fourth-order valence-corrected chi connectivity index (χ4v) is 3.40. The Morgan fingerprint density at radius 1 is 1.15 bits per heavy atom. The van der Waals surface area contributed by atoms with Crippen molar-refractivity contribution in [3.8, 4) is 5.75 Å². The van der Waals surface area contributed by atoms with E-state index in [4.69, 9.17) is 27.9 Å². The maximum atomic E-state index is 12.6. The highest BCUT2D eigenvalue weighted by Crippen LogP contribution is 2.25. The predicted octanol–water partition coefficient (Wildman–Crippen LogP) is 3.47. The van der Waals surface area contributed by atoms with Crippen LogP contribution in [0.3, 0.4) is 0 Å². The number of carbonyl (C=O) groups excluding carboxylic acids is 2. The molecule has 7 heteroatoms. The number of carbonyl (C=O) groups is 2. The van der Waals surface area contributed by atoms with E-state index in [2.05, 4.69) is 5.32 Å². The van der Waals surface area contributed by atoms with Crippen LogP contribution in [0, 0.1) is 0 Å². The van der Waals surface area contributed by atoms with Gasteiger partial charge in [-0.3, -0.25) is 9.59 Å².